The van der Waals surface area contributed by atoms with Crippen molar-refractivity contribution in [3.8, 4) is 0 Å². The first kappa shape index (κ1) is 25.9. The van der Waals surface area contributed by atoms with E-state index in [0.29, 0.717) is 19.6 Å². The summed E-state index contributed by atoms with van der Waals surface area (Å²) in [6, 6.07) is 2.12. The molecule has 0 fully saturated rings. The number of hydrogen-bond acceptors (Lipinski definition) is 5. The normalized spacial score (nSPS) is 17.8. The number of likely N-dealkylation sites (N-methyl/N-ethyl adjacent to an activating group) is 1. The van der Waals surface area contributed by atoms with Gasteiger partial charge in [-0.05, 0) is 49.3 Å². The Morgan fingerprint density at radius 3 is 2.91 bits per heavy atom. The van der Waals surface area contributed by atoms with E-state index in [1.54, 1.807) is 19.1 Å². The monoisotopic (exact) mass is 444 g/mol. The molecule has 1 aromatic heterocycles. The average molecular weight is 445 g/mol. The number of carbonyl (C=O) groups excluding carboxylic acids is 1. The predicted octanol–water partition coefficient (Wildman–Crippen LogP) is 3.91. The fraction of sp³-hybridized carbons (Fsp3) is 0.600. The lowest BCUT2D eigenvalue weighted by atomic mass is 9.99. The lowest BCUT2D eigenvalue weighted by molar-refractivity contribution is -0.129. The summed E-state index contributed by atoms with van der Waals surface area (Å²) in [5, 5.41) is 4.65. The van der Waals surface area contributed by atoms with E-state index in [1.807, 2.05) is 13.1 Å². The van der Waals surface area contributed by atoms with E-state index in [9.17, 15) is 4.79 Å². The molecule has 1 unspecified atom stereocenters. The Kier molecular flexibility index (Phi) is 11.2. The summed E-state index contributed by atoms with van der Waals surface area (Å²) in [5.74, 6) is 0.128. The molecule has 0 bridgehead atoms. The summed E-state index contributed by atoms with van der Waals surface area (Å²) in [6.45, 7) is 8.45. The number of nitrogens with one attached hydrogen (secondary N) is 2. The molecule has 0 saturated carbocycles. The van der Waals surface area contributed by atoms with Gasteiger partial charge in [-0.15, -0.1) is 0 Å². The molecular formula is C25H40N4O3. The lowest BCUT2D eigenvalue weighted by Crippen LogP contribution is -2.26. The van der Waals surface area contributed by atoms with E-state index < -0.39 is 0 Å². The lowest BCUT2D eigenvalue weighted by Gasteiger charge is -2.19. The van der Waals surface area contributed by atoms with Gasteiger partial charge in [0.1, 0.15) is 5.71 Å². The first-order valence-electron chi connectivity index (χ1n) is 11.6. The van der Waals surface area contributed by atoms with Gasteiger partial charge in [-0.25, -0.2) is 0 Å². The highest BCUT2D eigenvalue weighted by atomic mass is 16.5. The zero-order valence-corrected chi connectivity index (χ0v) is 20.2. The molecule has 7 heteroatoms. The molecule has 1 aromatic rings. The van der Waals surface area contributed by atoms with Crippen molar-refractivity contribution in [2.45, 2.75) is 58.0 Å². The van der Waals surface area contributed by atoms with Gasteiger partial charge in [0, 0.05) is 59.5 Å². The number of carbonyl (C=O) groups is 1. The first-order valence-corrected chi connectivity index (χ1v) is 11.6. The Morgan fingerprint density at radius 2 is 2.19 bits per heavy atom. The second-order valence-corrected chi connectivity index (χ2v) is 8.27. The molecule has 0 spiro atoms. The fourth-order valence-electron chi connectivity index (χ4n) is 3.80. The zero-order valence-electron chi connectivity index (χ0n) is 20.2. The summed E-state index contributed by atoms with van der Waals surface area (Å²) in [7, 11) is 5.25. The van der Waals surface area contributed by atoms with Crippen LogP contribution in [0.4, 0.5) is 0 Å². The van der Waals surface area contributed by atoms with Gasteiger partial charge < -0.3 is 24.8 Å². The van der Waals surface area contributed by atoms with Gasteiger partial charge in [-0.3, -0.25) is 4.79 Å². The largest absolute Gasteiger partial charge is 0.385 e. The van der Waals surface area contributed by atoms with Gasteiger partial charge in [0.25, 0.3) is 0 Å². The molecule has 2 rings (SSSR count). The molecule has 2 N–H and O–H groups in total. The standard InChI is InChI=1S/C25H40N4O3/c1-6-22-20(11-9-15-29(3)24(30)13-10-16-31-4)18-23(27-22)25-19(2)17-21(32-5)12-7-8-14-26-28-25/h9,11,18,21,26-27H,2,6-8,10,12-17H2,1,3-5H3/b11-9-,28-25?. The van der Waals surface area contributed by atoms with E-state index in [2.05, 4.69) is 41.2 Å². The van der Waals surface area contributed by atoms with E-state index in [-0.39, 0.29) is 12.0 Å². The number of aromatic amines is 1. The van der Waals surface area contributed by atoms with Crippen LogP contribution < -0.4 is 5.43 Å². The van der Waals surface area contributed by atoms with Gasteiger partial charge in [0.2, 0.25) is 5.91 Å². The van der Waals surface area contributed by atoms with E-state index in [0.717, 1.165) is 73.3 Å². The third-order valence-corrected chi connectivity index (χ3v) is 5.78. The maximum Gasteiger partial charge on any atom is 0.222 e. The van der Waals surface area contributed by atoms with Crippen molar-refractivity contribution in [2.24, 2.45) is 5.10 Å². The second-order valence-electron chi connectivity index (χ2n) is 8.27. The number of ether oxygens (including phenoxy) is 2. The fourth-order valence-corrected chi connectivity index (χ4v) is 3.80. The molecular weight excluding hydrogens is 404 g/mol. The summed E-state index contributed by atoms with van der Waals surface area (Å²) < 4.78 is 10.7. The number of aromatic nitrogens is 1. The summed E-state index contributed by atoms with van der Waals surface area (Å²) >= 11 is 0. The Morgan fingerprint density at radius 1 is 1.38 bits per heavy atom. The molecule has 1 aliphatic heterocycles. The number of aryl methyl sites for hydroxylation is 1. The minimum absolute atomic E-state index is 0.128. The van der Waals surface area contributed by atoms with Crippen molar-refractivity contribution >= 4 is 17.7 Å². The Bertz CT molecular complexity index is 797. The molecule has 1 amide bonds. The van der Waals surface area contributed by atoms with Crippen LogP contribution in [0.15, 0.2) is 29.4 Å². The predicted molar refractivity (Wildman–Crippen MR) is 131 cm³/mol. The third-order valence-electron chi connectivity index (χ3n) is 5.78. The molecule has 0 aromatic carbocycles. The molecule has 0 aliphatic carbocycles. The molecule has 32 heavy (non-hydrogen) atoms. The van der Waals surface area contributed by atoms with Gasteiger partial charge in [0.15, 0.2) is 0 Å². The van der Waals surface area contributed by atoms with Crippen LogP contribution in [0.25, 0.3) is 6.08 Å². The van der Waals surface area contributed by atoms with Crippen LogP contribution in [0.5, 0.6) is 0 Å². The average Bonchev–Trinajstić information content (AvgIpc) is 3.20. The molecule has 7 nitrogen and oxygen atoms in total. The van der Waals surface area contributed by atoms with Crippen LogP contribution >= 0.6 is 0 Å². The number of hydrogen-bond donors (Lipinski definition) is 2. The van der Waals surface area contributed by atoms with Crippen LogP contribution in [0.2, 0.25) is 0 Å². The van der Waals surface area contributed by atoms with Crippen LogP contribution in [0.1, 0.15) is 62.4 Å². The Balaban J connectivity index is 2.11. The summed E-state index contributed by atoms with van der Waals surface area (Å²) in [4.78, 5) is 17.5. The highest BCUT2D eigenvalue weighted by molar-refractivity contribution is 6.11. The van der Waals surface area contributed by atoms with Crippen molar-refractivity contribution < 1.29 is 14.3 Å². The number of H-pyrrole nitrogens is 1. The Hall–Kier alpha value is -2.38. The van der Waals surface area contributed by atoms with Gasteiger partial charge in [0.05, 0.1) is 11.8 Å². The first-order chi connectivity index (χ1) is 15.5. The van der Waals surface area contributed by atoms with Crippen molar-refractivity contribution in [1.82, 2.24) is 15.3 Å². The maximum absolute atomic E-state index is 12.2. The van der Waals surface area contributed by atoms with Gasteiger partial charge >= 0.3 is 0 Å². The van der Waals surface area contributed by atoms with E-state index >= 15 is 0 Å². The van der Waals surface area contributed by atoms with Crippen molar-refractivity contribution in [2.75, 3.05) is 41.0 Å². The zero-order chi connectivity index (χ0) is 23.3. The number of methoxy groups -OCH3 is 2. The third kappa shape index (κ3) is 7.95. The number of hydrazone groups is 1. The van der Waals surface area contributed by atoms with Crippen LogP contribution in [0.3, 0.4) is 0 Å². The molecule has 2 heterocycles. The minimum atomic E-state index is 0.128. The van der Waals surface area contributed by atoms with E-state index in [1.165, 1.54) is 0 Å². The number of rotatable bonds is 10. The van der Waals surface area contributed by atoms with Crippen molar-refractivity contribution in [3.63, 3.8) is 0 Å². The highest BCUT2D eigenvalue weighted by Crippen LogP contribution is 2.21. The van der Waals surface area contributed by atoms with E-state index in [4.69, 9.17) is 9.47 Å². The quantitative estimate of drug-likeness (QED) is 0.536. The van der Waals surface area contributed by atoms with Gasteiger partial charge in [-0.2, -0.15) is 5.10 Å². The molecule has 178 valence electrons. The van der Waals surface area contributed by atoms with Crippen molar-refractivity contribution in [3.05, 3.63) is 41.2 Å². The molecule has 0 radical (unpaired) electrons. The maximum atomic E-state index is 12.2. The number of amides is 1. The van der Waals surface area contributed by atoms with Crippen LogP contribution in [0, 0.1) is 0 Å². The van der Waals surface area contributed by atoms with Crippen LogP contribution in [-0.4, -0.2) is 68.6 Å². The molecule has 0 saturated heterocycles. The molecule has 1 aliphatic rings. The van der Waals surface area contributed by atoms with Crippen molar-refractivity contribution in [1.29, 1.82) is 0 Å². The topological polar surface area (TPSA) is 78.9 Å². The van der Waals surface area contributed by atoms with Crippen LogP contribution in [-0.2, 0) is 20.7 Å². The summed E-state index contributed by atoms with van der Waals surface area (Å²) in [5.41, 5.74) is 8.23. The Labute approximate surface area is 192 Å². The minimum Gasteiger partial charge on any atom is -0.385 e. The smallest absolute Gasteiger partial charge is 0.222 e. The second kappa shape index (κ2) is 13.9. The molecule has 1 atom stereocenters. The number of nitrogens with zero attached hydrogens (tertiary/aromatic N) is 2. The van der Waals surface area contributed by atoms with Gasteiger partial charge in [-0.1, -0.05) is 25.7 Å². The highest BCUT2D eigenvalue weighted by Gasteiger charge is 2.18. The SMILES string of the molecule is C=C1CC(OC)CCCCNN=C1c1cc(/C=C\CN(C)C(=O)CCCOC)c(CC)[nH]1. The summed E-state index contributed by atoms with van der Waals surface area (Å²) in [6.07, 6.45) is 10.4.